The van der Waals surface area contributed by atoms with Crippen molar-refractivity contribution in [3.63, 3.8) is 0 Å². The van der Waals surface area contributed by atoms with Gasteiger partial charge in [0.25, 0.3) is 0 Å². The molecule has 1 unspecified atom stereocenters. The maximum Gasteiger partial charge on any atom is 0.0295 e. The Balaban J connectivity index is 2.44. The molecular weight excluding hydrogens is 211 g/mol. The van der Waals surface area contributed by atoms with Crippen molar-refractivity contribution in [2.45, 2.75) is 30.1 Å². The van der Waals surface area contributed by atoms with Crippen molar-refractivity contribution in [2.75, 3.05) is 0 Å². The highest BCUT2D eigenvalue weighted by Crippen LogP contribution is 2.25. The minimum absolute atomic E-state index is 0.836. The summed E-state index contributed by atoms with van der Waals surface area (Å²) in [4.78, 5) is 0. The van der Waals surface area contributed by atoms with Crippen molar-refractivity contribution in [3.8, 4) is 0 Å². The normalized spacial score (nSPS) is 28.2. The Morgan fingerprint density at radius 1 is 1.88 bits per heavy atom. The van der Waals surface area contributed by atoms with E-state index in [2.05, 4.69) is 35.6 Å². The fourth-order valence-corrected chi connectivity index (χ4v) is 1.86. The van der Waals surface area contributed by atoms with Crippen LogP contribution in [0.3, 0.4) is 0 Å². The van der Waals surface area contributed by atoms with Crippen LogP contribution < -0.4 is 0 Å². The molecule has 1 aliphatic carbocycles. The molecule has 0 aromatic carbocycles. The molecule has 0 bridgehead atoms. The summed E-state index contributed by atoms with van der Waals surface area (Å²) in [6.45, 7) is 2.24. The molecule has 1 atom stereocenters. The average Bonchev–Trinajstić information content (AvgIpc) is 2.14. The molecule has 0 aromatic rings. The van der Waals surface area contributed by atoms with Gasteiger partial charge in [-0.3, -0.25) is 0 Å². The topological polar surface area (TPSA) is 0 Å². The molecular formula is C7H11I. The van der Waals surface area contributed by atoms with Gasteiger partial charge >= 0.3 is 0 Å². The number of alkyl halides is 1. The number of hydrogen-bond donors (Lipinski definition) is 0. The molecule has 0 amide bonds. The quantitative estimate of drug-likeness (QED) is 0.363. The Bertz CT molecular complexity index is 105. The molecule has 1 aliphatic rings. The summed E-state index contributed by atoms with van der Waals surface area (Å²) in [5.74, 6) is 0. The van der Waals surface area contributed by atoms with Crippen LogP contribution in [0.1, 0.15) is 26.2 Å². The molecule has 0 aromatic heterocycles. The summed E-state index contributed by atoms with van der Waals surface area (Å²) < 4.78 is 0.836. The van der Waals surface area contributed by atoms with Crippen molar-refractivity contribution < 1.29 is 0 Å². The van der Waals surface area contributed by atoms with E-state index in [1.807, 2.05) is 0 Å². The molecule has 0 saturated carbocycles. The lowest BCUT2D eigenvalue weighted by atomic mass is 10.2. The van der Waals surface area contributed by atoms with E-state index in [4.69, 9.17) is 0 Å². The zero-order valence-corrected chi connectivity index (χ0v) is 7.31. The summed E-state index contributed by atoms with van der Waals surface area (Å²) in [6.07, 6.45) is 6.40. The summed E-state index contributed by atoms with van der Waals surface area (Å²) >= 11 is 2.49. The first kappa shape index (κ1) is 6.59. The van der Waals surface area contributed by atoms with Gasteiger partial charge in [-0.05, 0) is 19.3 Å². The van der Waals surface area contributed by atoms with Crippen LogP contribution in [0.4, 0.5) is 0 Å². The largest absolute Gasteiger partial charge is 0.0781 e. The van der Waals surface area contributed by atoms with Crippen LogP contribution in [0, 0.1) is 0 Å². The van der Waals surface area contributed by atoms with Gasteiger partial charge in [0.15, 0.2) is 0 Å². The Hall–Kier alpha value is 0.470. The highest BCUT2D eigenvalue weighted by Gasteiger charge is 2.09. The smallest absolute Gasteiger partial charge is 0.0295 e. The van der Waals surface area contributed by atoms with Crippen LogP contribution in [0.15, 0.2) is 11.6 Å². The highest BCUT2D eigenvalue weighted by molar-refractivity contribution is 14.1. The SMILES string of the molecule is CCC1=CC(I)CC1. The van der Waals surface area contributed by atoms with E-state index in [9.17, 15) is 0 Å². The molecule has 0 N–H and O–H groups in total. The Morgan fingerprint density at radius 2 is 2.62 bits per heavy atom. The van der Waals surface area contributed by atoms with Crippen molar-refractivity contribution in [1.29, 1.82) is 0 Å². The first-order chi connectivity index (χ1) is 3.83. The molecule has 0 radical (unpaired) electrons. The van der Waals surface area contributed by atoms with E-state index < -0.39 is 0 Å². The summed E-state index contributed by atoms with van der Waals surface area (Å²) in [5.41, 5.74) is 1.66. The first-order valence-electron chi connectivity index (χ1n) is 3.16. The molecule has 0 saturated heterocycles. The summed E-state index contributed by atoms with van der Waals surface area (Å²) in [6, 6.07) is 0. The van der Waals surface area contributed by atoms with Gasteiger partial charge < -0.3 is 0 Å². The third-order valence-electron chi connectivity index (χ3n) is 1.61. The van der Waals surface area contributed by atoms with Crippen molar-refractivity contribution in [2.24, 2.45) is 0 Å². The average molecular weight is 222 g/mol. The number of allylic oxidation sites excluding steroid dienone is 2. The molecule has 1 heteroatoms. The van der Waals surface area contributed by atoms with Gasteiger partial charge in [0.1, 0.15) is 0 Å². The lowest BCUT2D eigenvalue weighted by Crippen LogP contribution is -1.79. The van der Waals surface area contributed by atoms with Crippen LogP contribution in [-0.2, 0) is 0 Å². The van der Waals surface area contributed by atoms with Crippen molar-refractivity contribution >= 4 is 22.6 Å². The number of hydrogen-bond acceptors (Lipinski definition) is 0. The molecule has 46 valence electrons. The second-order valence-corrected chi connectivity index (χ2v) is 3.83. The zero-order chi connectivity index (χ0) is 5.98. The van der Waals surface area contributed by atoms with Crippen molar-refractivity contribution in [3.05, 3.63) is 11.6 Å². The van der Waals surface area contributed by atoms with Gasteiger partial charge in [0, 0.05) is 3.92 Å². The third kappa shape index (κ3) is 1.47. The van der Waals surface area contributed by atoms with E-state index in [1.54, 1.807) is 5.57 Å². The molecule has 0 fully saturated rings. The lowest BCUT2D eigenvalue weighted by Gasteiger charge is -1.88. The van der Waals surface area contributed by atoms with Crippen LogP contribution in [-0.4, -0.2) is 3.92 Å². The summed E-state index contributed by atoms with van der Waals surface area (Å²) in [5, 5.41) is 0. The van der Waals surface area contributed by atoms with Gasteiger partial charge in [-0.1, -0.05) is 41.2 Å². The lowest BCUT2D eigenvalue weighted by molar-refractivity contribution is 0.900. The summed E-state index contributed by atoms with van der Waals surface area (Å²) in [7, 11) is 0. The number of rotatable bonds is 1. The van der Waals surface area contributed by atoms with Crippen LogP contribution >= 0.6 is 22.6 Å². The van der Waals surface area contributed by atoms with E-state index in [-0.39, 0.29) is 0 Å². The Morgan fingerprint density at radius 3 is 2.88 bits per heavy atom. The zero-order valence-electron chi connectivity index (χ0n) is 5.15. The van der Waals surface area contributed by atoms with E-state index in [1.165, 1.54) is 19.3 Å². The van der Waals surface area contributed by atoms with E-state index in [0.29, 0.717) is 0 Å². The predicted molar refractivity (Wildman–Crippen MR) is 45.4 cm³/mol. The monoisotopic (exact) mass is 222 g/mol. The standard InChI is InChI=1S/C7H11I/c1-2-6-3-4-7(8)5-6/h5,7H,2-4H2,1H3. The minimum Gasteiger partial charge on any atom is -0.0781 e. The van der Waals surface area contributed by atoms with Gasteiger partial charge in [-0.2, -0.15) is 0 Å². The first-order valence-corrected chi connectivity index (χ1v) is 4.41. The fraction of sp³-hybridized carbons (Fsp3) is 0.714. The second kappa shape index (κ2) is 2.85. The van der Waals surface area contributed by atoms with Crippen molar-refractivity contribution in [1.82, 2.24) is 0 Å². The maximum atomic E-state index is 2.49. The van der Waals surface area contributed by atoms with Gasteiger partial charge in [0.05, 0.1) is 0 Å². The van der Waals surface area contributed by atoms with E-state index >= 15 is 0 Å². The molecule has 0 aliphatic heterocycles. The van der Waals surface area contributed by atoms with E-state index in [0.717, 1.165) is 3.92 Å². The second-order valence-electron chi connectivity index (χ2n) is 2.23. The van der Waals surface area contributed by atoms with Crippen LogP contribution in [0.2, 0.25) is 0 Å². The minimum atomic E-state index is 0.836. The predicted octanol–water partition coefficient (Wildman–Crippen LogP) is 2.92. The Kier molecular flexibility index (Phi) is 2.35. The molecule has 0 nitrogen and oxygen atoms in total. The Labute approximate surface area is 64.5 Å². The maximum absolute atomic E-state index is 2.49. The van der Waals surface area contributed by atoms with Gasteiger partial charge in [-0.25, -0.2) is 0 Å². The molecule has 8 heavy (non-hydrogen) atoms. The molecule has 0 spiro atoms. The van der Waals surface area contributed by atoms with Crippen LogP contribution in [0.5, 0.6) is 0 Å². The van der Waals surface area contributed by atoms with Gasteiger partial charge in [0.2, 0.25) is 0 Å². The third-order valence-corrected chi connectivity index (χ3v) is 2.59. The number of halogens is 1. The molecule has 0 heterocycles. The molecule has 1 rings (SSSR count). The fourth-order valence-electron chi connectivity index (χ4n) is 1.04. The van der Waals surface area contributed by atoms with Crippen LogP contribution in [0.25, 0.3) is 0 Å². The van der Waals surface area contributed by atoms with Gasteiger partial charge in [-0.15, -0.1) is 0 Å². The highest BCUT2D eigenvalue weighted by atomic mass is 127.